The standard InChI is InChI=1S/C19H21ClO4S/c1-12-9-19(25-18-5-4-15(11-21)10-16(18)20)13(2)8-17(12)24-7-6-23-14(3)22/h4-5,8-10,21H,6-7,11H2,1-3H3. The van der Waals surface area contributed by atoms with Crippen LogP contribution < -0.4 is 4.74 Å². The summed E-state index contributed by atoms with van der Waals surface area (Å²) in [5.74, 6) is 0.461. The molecule has 25 heavy (non-hydrogen) atoms. The molecule has 0 aliphatic rings. The smallest absolute Gasteiger partial charge is 0.302 e. The summed E-state index contributed by atoms with van der Waals surface area (Å²) in [7, 11) is 0. The van der Waals surface area contributed by atoms with Crippen LogP contribution in [0, 0.1) is 13.8 Å². The highest BCUT2D eigenvalue weighted by molar-refractivity contribution is 7.99. The minimum Gasteiger partial charge on any atom is -0.490 e. The van der Waals surface area contributed by atoms with E-state index in [2.05, 4.69) is 6.07 Å². The molecular weight excluding hydrogens is 360 g/mol. The lowest BCUT2D eigenvalue weighted by atomic mass is 10.1. The number of aliphatic hydroxyl groups excluding tert-OH is 1. The molecule has 2 rings (SSSR count). The van der Waals surface area contributed by atoms with Crippen LogP contribution >= 0.6 is 23.4 Å². The van der Waals surface area contributed by atoms with Crippen molar-refractivity contribution in [1.29, 1.82) is 0 Å². The molecule has 4 nitrogen and oxygen atoms in total. The molecule has 0 fully saturated rings. The average molecular weight is 381 g/mol. The number of hydrogen-bond donors (Lipinski definition) is 1. The maximum absolute atomic E-state index is 10.8. The van der Waals surface area contributed by atoms with Gasteiger partial charge in [-0.25, -0.2) is 0 Å². The third-order valence-electron chi connectivity index (χ3n) is 3.52. The summed E-state index contributed by atoms with van der Waals surface area (Å²) in [6.45, 7) is 5.89. The number of rotatable bonds is 7. The van der Waals surface area contributed by atoms with Crippen LogP contribution in [0.2, 0.25) is 5.02 Å². The van der Waals surface area contributed by atoms with E-state index in [0.717, 1.165) is 32.2 Å². The monoisotopic (exact) mass is 380 g/mol. The maximum Gasteiger partial charge on any atom is 0.302 e. The van der Waals surface area contributed by atoms with Crippen molar-refractivity contribution in [2.24, 2.45) is 0 Å². The number of esters is 1. The number of ether oxygens (including phenoxy) is 2. The van der Waals surface area contributed by atoms with Crippen LogP contribution in [0.4, 0.5) is 0 Å². The Morgan fingerprint density at radius 3 is 2.52 bits per heavy atom. The van der Waals surface area contributed by atoms with Crippen LogP contribution in [0.25, 0.3) is 0 Å². The molecule has 0 aliphatic carbocycles. The minimum absolute atomic E-state index is 0.0256. The second kappa shape index (κ2) is 9.13. The Hall–Kier alpha value is -1.69. The first-order valence-electron chi connectivity index (χ1n) is 7.85. The first kappa shape index (κ1) is 19.6. The summed E-state index contributed by atoms with van der Waals surface area (Å²) in [6.07, 6.45) is 0. The third-order valence-corrected chi connectivity index (χ3v) is 5.18. The molecule has 0 bridgehead atoms. The summed E-state index contributed by atoms with van der Waals surface area (Å²) >= 11 is 7.87. The first-order valence-corrected chi connectivity index (χ1v) is 9.04. The van der Waals surface area contributed by atoms with Crippen LogP contribution in [0.15, 0.2) is 40.1 Å². The largest absolute Gasteiger partial charge is 0.490 e. The van der Waals surface area contributed by atoms with Gasteiger partial charge in [0.1, 0.15) is 19.0 Å². The van der Waals surface area contributed by atoms with Crippen LogP contribution in [0.1, 0.15) is 23.6 Å². The summed E-state index contributed by atoms with van der Waals surface area (Å²) in [5, 5.41) is 9.79. The fourth-order valence-corrected chi connectivity index (χ4v) is 3.51. The van der Waals surface area contributed by atoms with E-state index in [4.69, 9.17) is 26.2 Å². The van der Waals surface area contributed by atoms with Crippen molar-refractivity contribution in [2.75, 3.05) is 13.2 Å². The van der Waals surface area contributed by atoms with Gasteiger partial charge in [-0.05, 0) is 54.8 Å². The number of aryl methyl sites for hydroxylation is 2. The molecule has 0 amide bonds. The molecule has 134 valence electrons. The Morgan fingerprint density at radius 2 is 1.88 bits per heavy atom. The summed E-state index contributed by atoms with van der Waals surface area (Å²) < 4.78 is 10.6. The summed E-state index contributed by atoms with van der Waals surface area (Å²) in [6, 6.07) is 9.58. The van der Waals surface area contributed by atoms with Gasteiger partial charge in [-0.15, -0.1) is 0 Å². The van der Waals surface area contributed by atoms with E-state index in [1.807, 2.05) is 32.0 Å². The molecule has 6 heteroatoms. The van der Waals surface area contributed by atoms with Crippen LogP contribution in [-0.2, 0) is 16.1 Å². The molecule has 0 saturated carbocycles. The molecule has 0 radical (unpaired) electrons. The average Bonchev–Trinajstić information content (AvgIpc) is 2.57. The lowest BCUT2D eigenvalue weighted by Gasteiger charge is -2.14. The lowest BCUT2D eigenvalue weighted by Crippen LogP contribution is -2.10. The lowest BCUT2D eigenvalue weighted by molar-refractivity contribution is -0.141. The fraction of sp³-hybridized carbons (Fsp3) is 0.316. The van der Waals surface area contributed by atoms with E-state index in [0.29, 0.717) is 11.6 Å². The second-order valence-corrected chi connectivity index (χ2v) is 7.09. The van der Waals surface area contributed by atoms with Crippen molar-refractivity contribution in [3.8, 4) is 5.75 Å². The van der Waals surface area contributed by atoms with Crippen LogP contribution in [-0.4, -0.2) is 24.3 Å². The number of halogens is 1. The first-order chi connectivity index (χ1) is 11.9. The van der Waals surface area contributed by atoms with Gasteiger partial charge >= 0.3 is 5.97 Å². The van der Waals surface area contributed by atoms with Crippen molar-refractivity contribution in [2.45, 2.75) is 37.2 Å². The highest BCUT2D eigenvalue weighted by Crippen LogP contribution is 2.37. The predicted octanol–water partition coefficient (Wildman–Crippen LogP) is 4.54. The van der Waals surface area contributed by atoms with Crippen molar-refractivity contribution >= 4 is 29.3 Å². The summed E-state index contributed by atoms with van der Waals surface area (Å²) in [4.78, 5) is 12.8. The van der Waals surface area contributed by atoms with E-state index in [1.165, 1.54) is 6.92 Å². The topological polar surface area (TPSA) is 55.8 Å². The molecule has 0 aliphatic heterocycles. The molecule has 0 atom stereocenters. The summed E-state index contributed by atoms with van der Waals surface area (Å²) in [5.41, 5.74) is 2.86. The zero-order valence-electron chi connectivity index (χ0n) is 14.5. The molecular formula is C19H21ClO4S. The number of hydrogen-bond acceptors (Lipinski definition) is 5. The van der Waals surface area contributed by atoms with Crippen molar-refractivity contribution in [1.82, 2.24) is 0 Å². The molecule has 0 unspecified atom stereocenters. The predicted molar refractivity (Wildman–Crippen MR) is 99.5 cm³/mol. The third kappa shape index (κ3) is 5.66. The Morgan fingerprint density at radius 1 is 1.12 bits per heavy atom. The molecule has 2 aromatic carbocycles. The quantitative estimate of drug-likeness (QED) is 0.564. The molecule has 0 aromatic heterocycles. The van der Waals surface area contributed by atoms with Crippen LogP contribution in [0.5, 0.6) is 5.75 Å². The Bertz CT molecular complexity index is 761. The van der Waals surface area contributed by atoms with Gasteiger partial charge in [-0.1, -0.05) is 29.4 Å². The molecule has 0 spiro atoms. The van der Waals surface area contributed by atoms with Gasteiger partial charge in [0.05, 0.1) is 11.6 Å². The van der Waals surface area contributed by atoms with Gasteiger partial charge in [0.2, 0.25) is 0 Å². The van der Waals surface area contributed by atoms with E-state index < -0.39 is 0 Å². The number of carbonyl (C=O) groups excluding carboxylic acids is 1. The Balaban J connectivity index is 2.10. The van der Waals surface area contributed by atoms with E-state index in [9.17, 15) is 4.79 Å². The van der Waals surface area contributed by atoms with Gasteiger partial charge in [-0.3, -0.25) is 4.79 Å². The second-order valence-electron chi connectivity index (χ2n) is 5.60. The van der Waals surface area contributed by atoms with Gasteiger partial charge < -0.3 is 14.6 Å². The zero-order chi connectivity index (χ0) is 18.4. The zero-order valence-corrected chi connectivity index (χ0v) is 16.0. The van der Waals surface area contributed by atoms with E-state index in [-0.39, 0.29) is 19.2 Å². The Labute approximate surface area is 157 Å². The molecule has 2 aromatic rings. The highest BCUT2D eigenvalue weighted by atomic mass is 35.5. The number of carbonyl (C=O) groups is 1. The van der Waals surface area contributed by atoms with Gasteiger partial charge in [-0.2, -0.15) is 0 Å². The van der Waals surface area contributed by atoms with Crippen molar-refractivity contribution in [3.63, 3.8) is 0 Å². The molecule has 0 saturated heterocycles. The van der Waals surface area contributed by atoms with Crippen LogP contribution in [0.3, 0.4) is 0 Å². The normalized spacial score (nSPS) is 10.6. The minimum atomic E-state index is -0.313. The highest BCUT2D eigenvalue weighted by Gasteiger charge is 2.10. The SMILES string of the molecule is CC(=O)OCCOc1cc(C)c(Sc2ccc(CO)cc2Cl)cc1C. The van der Waals surface area contributed by atoms with E-state index in [1.54, 1.807) is 17.8 Å². The van der Waals surface area contributed by atoms with Crippen molar-refractivity contribution in [3.05, 3.63) is 52.0 Å². The van der Waals surface area contributed by atoms with E-state index >= 15 is 0 Å². The fourth-order valence-electron chi connectivity index (χ4n) is 2.21. The molecule has 1 N–H and O–H groups in total. The van der Waals surface area contributed by atoms with Gasteiger partial charge in [0.25, 0.3) is 0 Å². The number of aliphatic hydroxyl groups is 1. The maximum atomic E-state index is 10.8. The number of benzene rings is 2. The Kier molecular flexibility index (Phi) is 7.17. The molecule has 0 heterocycles. The van der Waals surface area contributed by atoms with Crippen molar-refractivity contribution < 1.29 is 19.4 Å². The van der Waals surface area contributed by atoms with Gasteiger partial charge in [0.15, 0.2) is 0 Å². The van der Waals surface area contributed by atoms with Gasteiger partial charge in [0, 0.05) is 16.7 Å².